The molecule has 1 aromatic rings. The quantitative estimate of drug-likeness (QED) is 0.823. The zero-order valence-electron chi connectivity index (χ0n) is 10.1. The second kappa shape index (κ2) is 5.75. The van der Waals surface area contributed by atoms with E-state index < -0.39 is 0 Å². The molecule has 2 heterocycles. The predicted octanol–water partition coefficient (Wildman–Crippen LogP) is 1.83. The van der Waals surface area contributed by atoms with E-state index >= 15 is 0 Å². The predicted molar refractivity (Wildman–Crippen MR) is 69.0 cm³/mol. The van der Waals surface area contributed by atoms with Gasteiger partial charge in [0, 0.05) is 36.6 Å². The Bertz CT molecular complexity index is 299. The van der Waals surface area contributed by atoms with Gasteiger partial charge in [0.15, 0.2) is 0 Å². The van der Waals surface area contributed by atoms with Crippen molar-refractivity contribution < 1.29 is 0 Å². The molecule has 3 nitrogen and oxygen atoms in total. The van der Waals surface area contributed by atoms with E-state index in [-0.39, 0.29) is 0 Å². The smallest absolute Gasteiger partial charge is 0.0965 e. The largest absolute Gasteiger partial charge is 0.314 e. The van der Waals surface area contributed by atoms with Crippen molar-refractivity contribution in [2.45, 2.75) is 32.2 Å². The highest BCUT2D eigenvalue weighted by Gasteiger charge is 2.22. The van der Waals surface area contributed by atoms with Crippen molar-refractivity contribution in [3.8, 4) is 0 Å². The Hall–Kier alpha value is -0.450. The van der Waals surface area contributed by atoms with Gasteiger partial charge in [0.1, 0.15) is 0 Å². The number of rotatable bonds is 5. The molecular weight excluding hydrogens is 218 g/mol. The van der Waals surface area contributed by atoms with E-state index in [0.29, 0.717) is 12.0 Å². The lowest BCUT2D eigenvalue weighted by atomic mass is 10.0. The van der Waals surface area contributed by atoms with Crippen molar-refractivity contribution in [2.24, 2.45) is 5.92 Å². The number of aromatic nitrogens is 1. The summed E-state index contributed by atoms with van der Waals surface area (Å²) < 4.78 is 0. The van der Waals surface area contributed by atoms with Gasteiger partial charge in [-0.15, -0.1) is 11.3 Å². The van der Waals surface area contributed by atoms with Crippen molar-refractivity contribution in [3.05, 3.63) is 16.6 Å². The van der Waals surface area contributed by atoms with Crippen LogP contribution in [0, 0.1) is 5.92 Å². The van der Waals surface area contributed by atoms with Crippen molar-refractivity contribution in [3.63, 3.8) is 0 Å². The molecule has 90 valence electrons. The van der Waals surface area contributed by atoms with Crippen LogP contribution >= 0.6 is 11.3 Å². The van der Waals surface area contributed by atoms with Crippen LogP contribution < -0.4 is 10.6 Å². The fraction of sp³-hybridized carbons (Fsp3) is 0.750. The summed E-state index contributed by atoms with van der Waals surface area (Å²) in [5, 5.41) is 10.4. The third-order valence-corrected chi connectivity index (χ3v) is 4.39. The van der Waals surface area contributed by atoms with Crippen LogP contribution in [-0.4, -0.2) is 30.7 Å². The van der Waals surface area contributed by atoms with E-state index in [0.717, 1.165) is 19.0 Å². The molecule has 1 aliphatic heterocycles. The Morgan fingerprint density at radius 3 is 3.19 bits per heavy atom. The van der Waals surface area contributed by atoms with Crippen molar-refractivity contribution >= 4 is 11.3 Å². The average Bonchev–Trinajstić information content (AvgIpc) is 2.90. The molecule has 0 saturated carbocycles. The fourth-order valence-corrected chi connectivity index (χ4v) is 2.89. The van der Waals surface area contributed by atoms with Gasteiger partial charge in [0.25, 0.3) is 0 Å². The monoisotopic (exact) mass is 239 g/mol. The second-order valence-electron chi connectivity index (χ2n) is 4.76. The van der Waals surface area contributed by atoms with Gasteiger partial charge in [-0.25, -0.2) is 4.98 Å². The van der Waals surface area contributed by atoms with Crippen LogP contribution in [-0.2, 0) is 0 Å². The Labute approximate surface area is 102 Å². The van der Waals surface area contributed by atoms with Gasteiger partial charge >= 0.3 is 0 Å². The van der Waals surface area contributed by atoms with Crippen LogP contribution in [0.1, 0.15) is 31.2 Å². The lowest BCUT2D eigenvalue weighted by molar-refractivity contribution is 0.442. The third kappa shape index (κ3) is 3.03. The number of nitrogens with zero attached hydrogens (tertiary/aromatic N) is 1. The SMILES string of the molecule is CC(CNCC1NCCC1C)c1nccs1. The topological polar surface area (TPSA) is 37.0 Å². The van der Waals surface area contributed by atoms with Crippen LogP contribution in [0.2, 0.25) is 0 Å². The molecule has 0 radical (unpaired) electrons. The summed E-state index contributed by atoms with van der Waals surface area (Å²) in [5.41, 5.74) is 0. The molecule has 3 unspecified atom stereocenters. The maximum Gasteiger partial charge on any atom is 0.0965 e. The summed E-state index contributed by atoms with van der Waals surface area (Å²) >= 11 is 1.75. The van der Waals surface area contributed by atoms with E-state index in [1.165, 1.54) is 18.0 Å². The minimum absolute atomic E-state index is 0.525. The van der Waals surface area contributed by atoms with E-state index in [4.69, 9.17) is 0 Å². The van der Waals surface area contributed by atoms with Gasteiger partial charge in [0.2, 0.25) is 0 Å². The Balaban J connectivity index is 1.68. The highest BCUT2D eigenvalue weighted by molar-refractivity contribution is 7.09. The summed E-state index contributed by atoms with van der Waals surface area (Å²) in [6.45, 7) is 7.85. The molecule has 0 aliphatic carbocycles. The molecule has 1 aromatic heterocycles. The molecule has 1 aliphatic rings. The number of thiazole rings is 1. The van der Waals surface area contributed by atoms with E-state index in [1.54, 1.807) is 11.3 Å². The Morgan fingerprint density at radius 1 is 1.69 bits per heavy atom. The van der Waals surface area contributed by atoms with Crippen molar-refractivity contribution in [2.75, 3.05) is 19.6 Å². The van der Waals surface area contributed by atoms with Crippen molar-refractivity contribution in [1.29, 1.82) is 0 Å². The van der Waals surface area contributed by atoms with Gasteiger partial charge in [-0.05, 0) is 18.9 Å². The molecular formula is C12H21N3S. The van der Waals surface area contributed by atoms with Gasteiger partial charge in [-0.2, -0.15) is 0 Å². The lowest BCUT2D eigenvalue weighted by Crippen LogP contribution is -2.38. The first-order valence-corrected chi connectivity index (χ1v) is 6.99. The maximum absolute atomic E-state index is 4.34. The Kier molecular flexibility index (Phi) is 4.32. The van der Waals surface area contributed by atoms with Gasteiger partial charge in [0.05, 0.1) is 5.01 Å². The maximum atomic E-state index is 4.34. The fourth-order valence-electron chi connectivity index (χ4n) is 2.19. The van der Waals surface area contributed by atoms with Crippen LogP contribution in [0.15, 0.2) is 11.6 Å². The zero-order chi connectivity index (χ0) is 11.4. The van der Waals surface area contributed by atoms with Crippen LogP contribution in [0.3, 0.4) is 0 Å². The first-order chi connectivity index (χ1) is 7.77. The molecule has 2 rings (SSSR count). The molecule has 0 aromatic carbocycles. The number of nitrogens with one attached hydrogen (secondary N) is 2. The minimum Gasteiger partial charge on any atom is -0.314 e. The summed E-state index contributed by atoms with van der Waals surface area (Å²) in [7, 11) is 0. The molecule has 0 bridgehead atoms. The number of hydrogen-bond acceptors (Lipinski definition) is 4. The third-order valence-electron chi connectivity index (χ3n) is 3.38. The van der Waals surface area contributed by atoms with Gasteiger partial charge < -0.3 is 10.6 Å². The lowest BCUT2D eigenvalue weighted by Gasteiger charge is -2.17. The minimum atomic E-state index is 0.525. The normalized spacial score (nSPS) is 27.1. The molecule has 0 spiro atoms. The molecule has 16 heavy (non-hydrogen) atoms. The molecule has 4 heteroatoms. The first kappa shape index (κ1) is 12.0. The van der Waals surface area contributed by atoms with Gasteiger partial charge in [-0.1, -0.05) is 13.8 Å². The van der Waals surface area contributed by atoms with E-state index in [9.17, 15) is 0 Å². The van der Waals surface area contributed by atoms with Gasteiger partial charge in [-0.3, -0.25) is 0 Å². The molecule has 1 saturated heterocycles. The second-order valence-corrected chi connectivity index (χ2v) is 5.68. The highest BCUT2D eigenvalue weighted by atomic mass is 32.1. The van der Waals surface area contributed by atoms with Crippen LogP contribution in [0.25, 0.3) is 0 Å². The summed E-state index contributed by atoms with van der Waals surface area (Å²) in [6.07, 6.45) is 3.20. The standard InChI is InChI=1S/C12H21N3S/c1-9-3-4-14-11(9)8-13-7-10(2)12-15-5-6-16-12/h5-6,9-11,13-14H,3-4,7-8H2,1-2H3. The number of hydrogen-bond donors (Lipinski definition) is 2. The molecule has 3 atom stereocenters. The van der Waals surface area contributed by atoms with Crippen molar-refractivity contribution in [1.82, 2.24) is 15.6 Å². The van der Waals surface area contributed by atoms with E-state index in [2.05, 4.69) is 29.5 Å². The molecule has 2 N–H and O–H groups in total. The first-order valence-electron chi connectivity index (χ1n) is 6.11. The highest BCUT2D eigenvalue weighted by Crippen LogP contribution is 2.17. The van der Waals surface area contributed by atoms with Crippen LogP contribution in [0.4, 0.5) is 0 Å². The summed E-state index contributed by atoms with van der Waals surface area (Å²) in [6, 6.07) is 0.656. The molecule has 0 amide bonds. The molecule has 1 fully saturated rings. The Morgan fingerprint density at radius 2 is 2.56 bits per heavy atom. The summed E-state index contributed by atoms with van der Waals surface area (Å²) in [5.74, 6) is 1.33. The van der Waals surface area contributed by atoms with E-state index in [1.807, 2.05) is 11.6 Å². The van der Waals surface area contributed by atoms with Crippen LogP contribution in [0.5, 0.6) is 0 Å². The zero-order valence-corrected chi connectivity index (χ0v) is 10.9. The average molecular weight is 239 g/mol. The summed E-state index contributed by atoms with van der Waals surface area (Å²) in [4.78, 5) is 4.34.